The molecule has 2 aromatic carbocycles. The number of para-hydroxylation sites is 1. The molecule has 0 fully saturated rings. The van der Waals surface area contributed by atoms with Crippen LogP contribution in [-0.2, 0) is 0 Å². The van der Waals surface area contributed by atoms with E-state index in [9.17, 15) is 15.0 Å². The molecule has 0 atom stereocenters. The Labute approximate surface area is 138 Å². The van der Waals surface area contributed by atoms with E-state index in [4.69, 9.17) is 4.74 Å². The molecule has 3 rings (SSSR count). The number of phenolic OH excluding ortho intramolecular Hbond substituents is 1. The lowest BCUT2D eigenvalue weighted by molar-refractivity contribution is 0.0697. The SMILES string of the molecule is CCOc1cc2ncc(C(=O)O)c(Nc3ccccc3)c2cc1O. The van der Waals surface area contributed by atoms with Crippen molar-refractivity contribution in [1.29, 1.82) is 0 Å². The van der Waals surface area contributed by atoms with Crippen LogP contribution in [0.15, 0.2) is 48.7 Å². The summed E-state index contributed by atoms with van der Waals surface area (Å²) >= 11 is 0. The summed E-state index contributed by atoms with van der Waals surface area (Å²) < 4.78 is 5.35. The Bertz CT molecular complexity index is 894. The van der Waals surface area contributed by atoms with E-state index in [1.54, 1.807) is 6.07 Å². The number of pyridine rings is 1. The molecule has 0 saturated heterocycles. The van der Waals surface area contributed by atoms with Gasteiger partial charge >= 0.3 is 5.97 Å². The van der Waals surface area contributed by atoms with Gasteiger partial charge in [-0.05, 0) is 25.1 Å². The maximum absolute atomic E-state index is 11.5. The molecule has 0 aliphatic rings. The number of carboxylic acid groups (broad SMARTS) is 1. The van der Waals surface area contributed by atoms with Gasteiger partial charge in [-0.25, -0.2) is 4.79 Å². The van der Waals surface area contributed by atoms with Crippen LogP contribution in [-0.4, -0.2) is 27.8 Å². The lowest BCUT2D eigenvalue weighted by Crippen LogP contribution is -2.05. The summed E-state index contributed by atoms with van der Waals surface area (Å²) in [5.74, 6) is -0.854. The highest BCUT2D eigenvalue weighted by Crippen LogP contribution is 2.36. The molecule has 24 heavy (non-hydrogen) atoms. The number of benzene rings is 2. The minimum Gasteiger partial charge on any atom is -0.504 e. The van der Waals surface area contributed by atoms with Crippen LogP contribution in [0.3, 0.4) is 0 Å². The van der Waals surface area contributed by atoms with Crippen molar-refractivity contribution in [1.82, 2.24) is 4.98 Å². The third-order valence-electron chi connectivity index (χ3n) is 3.52. The number of hydrogen-bond acceptors (Lipinski definition) is 5. The molecule has 0 bridgehead atoms. The number of rotatable bonds is 5. The molecule has 0 aliphatic heterocycles. The van der Waals surface area contributed by atoms with Crippen molar-refractivity contribution in [3.63, 3.8) is 0 Å². The van der Waals surface area contributed by atoms with E-state index >= 15 is 0 Å². The number of aromatic nitrogens is 1. The Morgan fingerprint density at radius 3 is 2.67 bits per heavy atom. The highest BCUT2D eigenvalue weighted by atomic mass is 16.5. The summed E-state index contributed by atoms with van der Waals surface area (Å²) in [5, 5.41) is 23.2. The summed E-state index contributed by atoms with van der Waals surface area (Å²) in [4.78, 5) is 15.7. The number of ether oxygens (including phenoxy) is 1. The first-order chi connectivity index (χ1) is 11.6. The Hall–Kier alpha value is -3.28. The van der Waals surface area contributed by atoms with Gasteiger partial charge in [-0.3, -0.25) is 4.98 Å². The van der Waals surface area contributed by atoms with E-state index in [1.165, 1.54) is 12.3 Å². The zero-order valence-corrected chi connectivity index (χ0v) is 13.0. The molecular weight excluding hydrogens is 308 g/mol. The molecule has 1 aromatic heterocycles. The Kier molecular flexibility index (Phi) is 4.20. The molecule has 3 aromatic rings. The third kappa shape index (κ3) is 2.94. The fraction of sp³-hybridized carbons (Fsp3) is 0.111. The van der Waals surface area contributed by atoms with Crippen LogP contribution in [0.1, 0.15) is 17.3 Å². The van der Waals surface area contributed by atoms with Gasteiger partial charge in [0.2, 0.25) is 0 Å². The number of carboxylic acids is 1. The standard InChI is InChI=1S/C18H16N2O4/c1-2-24-16-9-14-12(8-15(16)21)17(13(10-19-14)18(22)23)20-11-6-4-3-5-7-11/h3-10,21H,2H2,1H3,(H,19,20)(H,22,23). The summed E-state index contributed by atoms with van der Waals surface area (Å²) in [5.41, 5.74) is 1.66. The fourth-order valence-electron chi connectivity index (χ4n) is 2.44. The molecule has 122 valence electrons. The average Bonchev–Trinajstić information content (AvgIpc) is 2.57. The van der Waals surface area contributed by atoms with Crippen LogP contribution in [0, 0.1) is 0 Å². The fourth-order valence-corrected chi connectivity index (χ4v) is 2.44. The van der Waals surface area contributed by atoms with Crippen molar-refractivity contribution in [3.05, 3.63) is 54.2 Å². The van der Waals surface area contributed by atoms with E-state index in [1.807, 2.05) is 37.3 Å². The van der Waals surface area contributed by atoms with Gasteiger partial charge in [-0.2, -0.15) is 0 Å². The number of nitrogens with one attached hydrogen (secondary N) is 1. The number of nitrogens with zero attached hydrogens (tertiary/aromatic N) is 1. The molecule has 1 heterocycles. The van der Waals surface area contributed by atoms with Crippen molar-refractivity contribution in [2.45, 2.75) is 6.92 Å². The number of aromatic hydroxyl groups is 1. The number of phenols is 1. The normalized spacial score (nSPS) is 10.5. The maximum Gasteiger partial charge on any atom is 0.339 e. The summed E-state index contributed by atoms with van der Waals surface area (Å²) in [7, 11) is 0. The highest BCUT2D eigenvalue weighted by molar-refractivity contribution is 6.06. The van der Waals surface area contributed by atoms with E-state index < -0.39 is 5.97 Å². The molecule has 0 radical (unpaired) electrons. The van der Waals surface area contributed by atoms with Gasteiger partial charge in [0.05, 0.1) is 17.8 Å². The molecule has 0 amide bonds. The summed E-state index contributed by atoms with van der Waals surface area (Å²) in [6.45, 7) is 2.22. The van der Waals surface area contributed by atoms with Crippen molar-refractivity contribution in [2.75, 3.05) is 11.9 Å². The van der Waals surface area contributed by atoms with Crippen molar-refractivity contribution < 1.29 is 19.7 Å². The number of carbonyl (C=O) groups is 1. The average molecular weight is 324 g/mol. The number of anilines is 2. The van der Waals surface area contributed by atoms with Crippen LogP contribution >= 0.6 is 0 Å². The van der Waals surface area contributed by atoms with E-state index in [2.05, 4.69) is 10.3 Å². The largest absolute Gasteiger partial charge is 0.504 e. The lowest BCUT2D eigenvalue weighted by atomic mass is 10.1. The molecule has 0 aliphatic carbocycles. The number of hydrogen-bond donors (Lipinski definition) is 3. The monoisotopic (exact) mass is 324 g/mol. The van der Waals surface area contributed by atoms with Crippen LogP contribution in [0.2, 0.25) is 0 Å². The summed E-state index contributed by atoms with van der Waals surface area (Å²) in [6.07, 6.45) is 1.29. The van der Waals surface area contributed by atoms with Crippen LogP contribution in [0.25, 0.3) is 10.9 Å². The van der Waals surface area contributed by atoms with E-state index in [0.29, 0.717) is 28.9 Å². The smallest absolute Gasteiger partial charge is 0.339 e. The van der Waals surface area contributed by atoms with Crippen LogP contribution in [0.5, 0.6) is 11.5 Å². The maximum atomic E-state index is 11.5. The zero-order valence-electron chi connectivity index (χ0n) is 13.0. The Morgan fingerprint density at radius 2 is 2.00 bits per heavy atom. The second-order valence-electron chi connectivity index (χ2n) is 5.11. The van der Waals surface area contributed by atoms with Gasteiger partial charge in [0.1, 0.15) is 5.56 Å². The molecule has 6 nitrogen and oxygen atoms in total. The van der Waals surface area contributed by atoms with Gasteiger partial charge < -0.3 is 20.3 Å². The highest BCUT2D eigenvalue weighted by Gasteiger charge is 2.17. The molecule has 0 saturated carbocycles. The van der Waals surface area contributed by atoms with Crippen molar-refractivity contribution >= 4 is 28.2 Å². The van der Waals surface area contributed by atoms with Gasteiger partial charge in [-0.15, -0.1) is 0 Å². The summed E-state index contributed by atoms with van der Waals surface area (Å²) in [6, 6.07) is 12.3. The minimum absolute atomic E-state index is 0.0231. The first-order valence-electron chi connectivity index (χ1n) is 7.44. The molecule has 0 spiro atoms. The number of aromatic carboxylic acids is 1. The quantitative estimate of drug-likeness (QED) is 0.661. The molecule has 6 heteroatoms. The third-order valence-corrected chi connectivity index (χ3v) is 3.52. The first-order valence-corrected chi connectivity index (χ1v) is 7.44. The topological polar surface area (TPSA) is 91.7 Å². The second kappa shape index (κ2) is 6.45. The lowest BCUT2D eigenvalue weighted by Gasteiger charge is -2.14. The predicted molar refractivity (Wildman–Crippen MR) is 91.3 cm³/mol. The van der Waals surface area contributed by atoms with E-state index in [-0.39, 0.29) is 11.3 Å². The number of fused-ring (bicyclic) bond motifs is 1. The van der Waals surface area contributed by atoms with Gasteiger partial charge in [0, 0.05) is 23.3 Å². The molecule has 0 unspecified atom stereocenters. The van der Waals surface area contributed by atoms with E-state index in [0.717, 1.165) is 5.69 Å². The van der Waals surface area contributed by atoms with Gasteiger partial charge in [0.25, 0.3) is 0 Å². The first kappa shape index (κ1) is 15.6. The van der Waals surface area contributed by atoms with Gasteiger partial charge in [-0.1, -0.05) is 18.2 Å². The zero-order chi connectivity index (χ0) is 17.1. The predicted octanol–water partition coefficient (Wildman–Crippen LogP) is 3.78. The second-order valence-corrected chi connectivity index (χ2v) is 5.11. The molecular formula is C18H16N2O4. The van der Waals surface area contributed by atoms with Crippen LogP contribution < -0.4 is 10.1 Å². The Balaban J connectivity index is 2.20. The van der Waals surface area contributed by atoms with Crippen molar-refractivity contribution in [2.24, 2.45) is 0 Å². The van der Waals surface area contributed by atoms with Crippen molar-refractivity contribution in [3.8, 4) is 11.5 Å². The van der Waals surface area contributed by atoms with Gasteiger partial charge in [0.15, 0.2) is 11.5 Å². The Morgan fingerprint density at radius 1 is 1.25 bits per heavy atom. The minimum atomic E-state index is -1.10. The molecule has 3 N–H and O–H groups in total. The van der Waals surface area contributed by atoms with Crippen LogP contribution in [0.4, 0.5) is 11.4 Å².